The average molecular weight is 330 g/mol. The first-order valence-electron chi connectivity index (χ1n) is 8.63. The molecule has 6 nitrogen and oxygen atoms in total. The molecule has 1 atom stereocenters. The molecule has 1 saturated heterocycles. The Morgan fingerprint density at radius 3 is 2.75 bits per heavy atom. The molecule has 1 saturated carbocycles. The Hall–Kier alpha value is -2.11. The third-order valence-corrected chi connectivity index (χ3v) is 6.00. The molecule has 0 amide bonds. The summed E-state index contributed by atoms with van der Waals surface area (Å²) in [5.74, 6) is -0.387. The largest absolute Gasteiger partial charge is 0.478 e. The minimum absolute atomic E-state index is 0.0246. The van der Waals surface area contributed by atoms with Crippen molar-refractivity contribution < 1.29 is 19.4 Å². The lowest BCUT2D eigenvalue weighted by molar-refractivity contribution is -0.143. The van der Waals surface area contributed by atoms with Gasteiger partial charge in [0, 0.05) is 18.8 Å². The molecule has 1 unspecified atom stereocenters. The van der Waals surface area contributed by atoms with Crippen LogP contribution in [0.4, 0.5) is 5.82 Å². The maximum Gasteiger partial charge on any atom is 0.339 e. The lowest BCUT2D eigenvalue weighted by atomic mass is 9.90. The highest BCUT2D eigenvalue weighted by Gasteiger charge is 2.59. The molecular weight excluding hydrogens is 308 g/mol. The van der Waals surface area contributed by atoms with Crippen LogP contribution in [0.15, 0.2) is 6.07 Å². The standard InChI is InChI=1S/C18H22N2O4/c1-24-17(23)13-10-18(13)5-7-20(8-6-18)15-12(16(21)22)9-11-3-2-4-14(11)19-15/h9,13H,2-8,10H2,1H3,(H,21,22). The molecule has 1 N–H and O–H groups in total. The van der Waals surface area contributed by atoms with Crippen LogP contribution in [-0.4, -0.2) is 42.2 Å². The molecule has 1 aromatic rings. The molecule has 2 fully saturated rings. The molecule has 3 aliphatic rings. The van der Waals surface area contributed by atoms with E-state index in [1.165, 1.54) is 7.11 Å². The maximum absolute atomic E-state index is 11.7. The molecule has 0 aromatic carbocycles. The Morgan fingerprint density at radius 2 is 2.08 bits per heavy atom. The van der Waals surface area contributed by atoms with E-state index in [0.717, 1.165) is 62.9 Å². The summed E-state index contributed by atoms with van der Waals surface area (Å²) < 4.78 is 4.87. The van der Waals surface area contributed by atoms with Gasteiger partial charge < -0.3 is 14.7 Å². The zero-order chi connectivity index (χ0) is 16.9. The second kappa shape index (κ2) is 5.46. The lowest BCUT2D eigenvalue weighted by Gasteiger charge is -2.34. The number of piperidine rings is 1. The molecule has 0 radical (unpaired) electrons. The third-order valence-electron chi connectivity index (χ3n) is 6.00. The minimum Gasteiger partial charge on any atom is -0.478 e. The Balaban J connectivity index is 1.54. The van der Waals surface area contributed by atoms with Gasteiger partial charge >= 0.3 is 11.9 Å². The molecular formula is C18H22N2O4. The van der Waals surface area contributed by atoms with Crippen LogP contribution in [0.2, 0.25) is 0 Å². The van der Waals surface area contributed by atoms with E-state index in [2.05, 4.69) is 4.90 Å². The molecule has 1 aliphatic heterocycles. The van der Waals surface area contributed by atoms with E-state index in [-0.39, 0.29) is 17.3 Å². The van der Waals surface area contributed by atoms with E-state index in [1.54, 1.807) is 0 Å². The smallest absolute Gasteiger partial charge is 0.339 e. The van der Waals surface area contributed by atoms with Crippen molar-refractivity contribution in [3.8, 4) is 0 Å². The zero-order valence-electron chi connectivity index (χ0n) is 13.9. The van der Waals surface area contributed by atoms with Gasteiger partial charge in [0.05, 0.1) is 13.0 Å². The molecule has 4 rings (SSSR count). The molecule has 2 heterocycles. The van der Waals surface area contributed by atoms with Gasteiger partial charge in [-0.05, 0) is 55.6 Å². The number of carboxylic acids is 1. The molecule has 1 spiro atoms. The molecule has 128 valence electrons. The number of aromatic nitrogens is 1. The number of carbonyl (C=O) groups excluding carboxylic acids is 1. The van der Waals surface area contributed by atoms with Crippen LogP contribution < -0.4 is 4.90 Å². The number of anilines is 1. The number of pyridine rings is 1. The molecule has 0 bridgehead atoms. The van der Waals surface area contributed by atoms with Gasteiger partial charge in [0.15, 0.2) is 0 Å². The van der Waals surface area contributed by atoms with E-state index >= 15 is 0 Å². The van der Waals surface area contributed by atoms with Gasteiger partial charge in [-0.25, -0.2) is 9.78 Å². The Labute approximate surface area is 140 Å². The number of carbonyl (C=O) groups is 2. The predicted octanol–water partition coefficient (Wildman–Crippen LogP) is 2.05. The zero-order valence-corrected chi connectivity index (χ0v) is 13.9. The Bertz CT molecular complexity index is 707. The van der Waals surface area contributed by atoms with Gasteiger partial charge in [-0.2, -0.15) is 0 Å². The van der Waals surface area contributed by atoms with E-state index in [9.17, 15) is 14.7 Å². The van der Waals surface area contributed by atoms with Crippen molar-refractivity contribution in [1.29, 1.82) is 0 Å². The highest BCUT2D eigenvalue weighted by atomic mass is 16.5. The number of rotatable bonds is 3. The number of carboxylic acid groups (broad SMARTS) is 1. The average Bonchev–Trinajstić information content (AvgIpc) is 3.08. The van der Waals surface area contributed by atoms with Gasteiger partial charge in [-0.3, -0.25) is 4.79 Å². The summed E-state index contributed by atoms with van der Waals surface area (Å²) in [7, 11) is 1.44. The summed E-state index contributed by atoms with van der Waals surface area (Å²) in [6, 6.07) is 1.81. The minimum atomic E-state index is -0.911. The Kier molecular flexibility index (Phi) is 3.51. The van der Waals surface area contributed by atoms with Crippen molar-refractivity contribution >= 4 is 17.8 Å². The second-order valence-corrected chi connectivity index (χ2v) is 7.25. The topological polar surface area (TPSA) is 79.7 Å². The van der Waals surface area contributed by atoms with Crippen molar-refractivity contribution in [1.82, 2.24) is 4.98 Å². The number of hydrogen-bond donors (Lipinski definition) is 1. The van der Waals surface area contributed by atoms with E-state index < -0.39 is 5.97 Å². The van der Waals surface area contributed by atoms with Crippen molar-refractivity contribution in [3.05, 3.63) is 22.9 Å². The monoisotopic (exact) mass is 330 g/mol. The van der Waals surface area contributed by atoms with Gasteiger partial charge in [0.2, 0.25) is 0 Å². The van der Waals surface area contributed by atoms with Gasteiger partial charge in [-0.15, -0.1) is 0 Å². The second-order valence-electron chi connectivity index (χ2n) is 7.25. The van der Waals surface area contributed by atoms with E-state index in [1.807, 2.05) is 6.07 Å². The number of hydrogen-bond acceptors (Lipinski definition) is 5. The van der Waals surface area contributed by atoms with Gasteiger partial charge in [0.1, 0.15) is 11.4 Å². The maximum atomic E-state index is 11.7. The van der Waals surface area contributed by atoms with Crippen LogP contribution in [0, 0.1) is 11.3 Å². The highest BCUT2D eigenvalue weighted by Crippen LogP contribution is 2.60. The first kappa shape index (κ1) is 15.4. The normalized spacial score (nSPS) is 23.9. The number of aryl methyl sites for hydroxylation is 2. The van der Waals surface area contributed by atoms with Crippen LogP contribution in [0.25, 0.3) is 0 Å². The van der Waals surface area contributed by atoms with Gasteiger partial charge in [0.25, 0.3) is 0 Å². The predicted molar refractivity (Wildman–Crippen MR) is 87.2 cm³/mol. The SMILES string of the molecule is COC(=O)C1CC12CCN(c1nc3c(cc1C(=O)O)CCC3)CC2. The summed E-state index contributed by atoms with van der Waals surface area (Å²) >= 11 is 0. The van der Waals surface area contributed by atoms with E-state index in [0.29, 0.717) is 11.4 Å². The number of nitrogens with zero attached hydrogens (tertiary/aromatic N) is 2. The summed E-state index contributed by atoms with van der Waals surface area (Å²) in [5, 5.41) is 9.56. The summed E-state index contributed by atoms with van der Waals surface area (Å²) in [6.07, 6.45) is 5.60. The van der Waals surface area contributed by atoms with Crippen LogP contribution in [0.3, 0.4) is 0 Å². The molecule has 1 aromatic heterocycles. The fourth-order valence-corrected chi connectivity index (χ4v) is 4.40. The Morgan fingerprint density at radius 1 is 1.33 bits per heavy atom. The number of fused-ring (bicyclic) bond motifs is 1. The van der Waals surface area contributed by atoms with Crippen LogP contribution in [0.1, 0.15) is 47.3 Å². The van der Waals surface area contributed by atoms with Crippen molar-refractivity contribution in [3.63, 3.8) is 0 Å². The van der Waals surface area contributed by atoms with E-state index in [4.69, 9.17) is 9.72 Å². The van der Waals surface area contributed by atoms with Crippen LogP contribution in [-0.2, 0) is 22.4 Å². The van der Waals surface area contributed by atoms with Crippen molar-refractivity contribution in [2.75, 3.05) is 25.1 Å². The van der Waals surface area contributed by atoms with Crippen LogP contribution >= 0.6 is 0 Å². The van der Waals surface area contributed by atoms with Crippen LogP contribution in [0.5, 0.6) is 0 Å². The lowest BCUT2D eigenvalue weighted by Crippen LogP contribution is -2.37. The fourth-order valence-electron chi connectivity index (χ4n) is 4.40. The number of methoxy groups -OCH3 is 1. The summed E-state index contributed by atoms with van der Waals surface area (Å²) in [4.78, 5) is 30.2. The number of ether oxygens (including phenoxy) is 1. The summed E-state index contributed by atoms with van der Waals surface area (Å²) in [5.41, 5.74) is 2.52. The van der Waals surface area contributed by atoms with Crippen molar-refractivity contribution in [2.24, 2.45) is 11.3 Å². The van der Waals surface area contributed by atoms with Crippen molar-refractivity contribution in [2.45, 2.75) is 38.5 Å². The quantitative estimate of drug-likeness (QED) is 0.855. The van der Waals surface area contributed by atoms with Gasteiger partial charge in [-0.1, -0.05) is 0 Å². The first-order chi connectivity index (χ1) is 11.5. The molecule has 2 aliphatic carbocycles. The third kappa shape index (κ3) is 2.36. The molecule has 6 heteroatoms. The number of aromatic carboxylic acids is 1. The highest BCUT2D eigenvalue weighted by molar-refractivity contribution is 5.93. The fraction of sp³-hybridized carbons (Fsp3) is 0.611. The molecule has 24 heavy (non-hydrogen) atoms. The number of esters is 1. The first-order valence-corrected chi connectivity index (χ1v) is 8.63. The summed E-state index contributed by atoms with van der Waals surface area (Å²) in [6.45, 7) is 1.50.